The Labute approximate surface area is 147 Å². The topological polar surface area (TPSA) is 126 Å². The van der Waals surface area contributed by atoms with E-state index < -0.39 is 11.7 Å². The van der Waals surface area contributed by atoms with Crippen LogP contribution < -0.4 is 11.1 Å². The number of nitrogens with zero attached hydrogens (tertiary/aromatic N) is 4. The van der Waals surface area contributed by atoms with E-state index in [4.69, 9.17) is 16.0 Å². The molecule has 1 fully saturated rings. The lowest BCUT2D eigenvalue weighted by atomic mass is 9.73. The van der Waals surface area contributed by atoms with Crippen molar-refractivity contribution in [1.29, 1.82) is 0 Å². The van der Waals surface area contributed by atoms with Gasteiger partial charge in [0.25, 0.3) is 0 Å². The van der Waals surface area contributed by atoms with Crippen molar-refractivity contribution in [3.63, 3.8) is 0 Å². The molecule has 0 saturated heterocycles. The fraction of sp³-hybridized carbons (Fsp3) is 0.647. The van der Waals surface area contributed by atoms with E-state index >= 15 is 0 Å². The minimum atomic E-state index is -0.590. The average Bonchev–Trinajstić information content (AvgIpc) is 2.49. The van der Waals surface area contributed by atoms with Crippen LogP contribution in [0, 0.1) is 5.92 Å². The molecule has 0 radical (unpaired) electrons. The second-order valence-corrected chi connectivity index (χ2v) is 7.60. The molecule has 136 valence electrons. The smallest absolute Gasteiger partial charge is 0.407 e. The van der Waals surface area contributed by atoms with Crippen molar-refractivity contribution in [1.82, 2.24) is 10.3 Å². The number of alkyl carbamates (subject to hydrolysis) is 1. The van der Waals surface area contributed by atoms with Crippen molar-refractivity contribution in [2.75, 3.05) is 5.73 Å². The summed E-state index contributed by atoms with van der Waals surface area (Å²) in [5.41, 5.74) is 16.0. The van der Waals surface area contributed by atoms with Crippen molar-refractivity contribution < 1.29 is 9.53 Å². The van der Waals surface area contributed by atoms with E-state index in [1.807, 2.05) is 33.8 Å². The molecule has 1 aliphatic carbocycles. The van der Waals surface area contributed by atoms with E-state index in [0.717, 1.165) is 12.0 Å². The van der Waals surface area contributed by atoms with Crippen molar-refractivity contribution in [3.05, 3.63) is 34.5 Å². The Balaban J connectivity index is 2.21. The van der Waals surface area contributed by atoms with Crippen LogP contribution in [-0.2, 0) is 4.74 Å². The summed E-state index contributed by atoms with van der Waals surface area (Å²) < 4.78 is 5.35. The molecule has 2 rings (SSSR count). The monoisotopic (exact) mass is 346 g/mol. The van der Waals surface area contributed by atoms with Gasteiger partial charge in [-0.3, -0.25) is 4.98 Å². The van der Waals surface area contributed by atoms with Crippen LogP contribution in [0.5, 0.6) is 0 Å². The van der Waals surface area contributed by atoms with Gasteiger partial charge in [0, 0.05) is 17.2 Å². The number of ether oxygens (including phenoxy) is 1. The minimum Gasteiger partial charge on any atom is -0.444 e. The average molecular weight is 346 g/mol. The molecule has 1 amide bonds. The van der Waals surface area contributed by atoms with E-state index in [-0.39, 0.29) is 23.9 Å². The highest BCUT2D eigenvalue weighted by atomic mass is 16.6. The van der Waals surface area contributed by atoms with Crippen LogP contribution in [-0.4, -0.2) is 28.8 Å². The second-order valence-electron chi connectivity index (χ2n) is 7.60. The van der Waals surface area contributed by atoms with Gasteiger partial charge in [0.15, 0.2) is 0 Å². The Morgan fingerprint density at radius 3 is 2.80 bits per heavy atom. The highest BCUT2D eigenvalue weighted by Gasteiger charge is 2.37. The molecular weight excluding hydrogens is 320 g/mol. The third-order valence-corrected chi connectivity index (χ3v) is 4.40. The molecule has 1 aliphatic rings. The van der Waals surface area contributed by atoms with E-state index in [1.54, 1.807) is 12.4 Å². The Bertz CT molecular complexity index is 665. The SMILES string of the molecule is C[C@H]1C[C@@H](c2ccncc2N)C[C@@H](NC(=O)OC(C)(C)C)[C@@H]1N=[N+]=[N-]. The van der Waals surface area contributed by atoms with Gasteiger partial charge in [-0.1, -0.05) is 12.0 Å². The summed E-state index contributed by atoms with van der Waals surface area (Å²) in [6.07, 6.45) is 4.29. The largest absolute Gasteiger partial charge is 0.444 e. The van der Waals surface area contributed by atoms with Gasteiger partial charge in [-0.2, -0.15) is 0 Å². The van der Waals surface area contributed by atoms with Crippen LogP contribution in [0.4, 0.5) is 10.5 Å². The summed E-state index contributed by atoms with van der Waals surface area (Å²) in [4.78, 5) is 19.2. The maximum absolute atomic E-state index is 12.2. The third kappa shape index (κ3) is 5.00. The zero-order chi connectivity index (χ0) is 18.6. The molecule has 1 saturated carbocycles. The minimum absolute atomic E-state index is 0.0992. The van der Waals surface area contributed by atoms with E-state index in [0.29, 0.717) is 12.1 Å². The number of nitrogens with one attached hydrogen (secondary N) is 1. The molecule has 4 atom stereocenters. The molecule has 25 heavy (non-hydrogen) atoms. The number of carbonyl (C=O) groups is 1. The summed E-state index contributed by atoms with van der Waals surface area (Å²) >= 11 is 0. The van der Waals surface area contributed by atoms with E-state index in [1.165, 1.54) is 0 Å². The van der Waals surface area contributed by atoms with Crippen molar-refractivity contribution in [2.24, 2.45) is 11.0 Å². The Hall–Kier alpha value is -2.47. The first kappa shape index (κ1) is 18.9. The van der Waals surface area contributed by atoms with Crippen LogP contribution in [0.1, 0.15) is 52.0 Å². The van der Waals surface area contributed by atoms with Gasteiger partial charge in [0.1, 0.15) is 5.60 Å². The number of aromatic nitrogens is 1. The van der Waals surface area contributed by atoms with Crippen molar-refractivity contribution in [2.45, 2.75) is 64.1 Å². The van der Waals surface area contributed by atoms with Crippen molar-refractivity contribution >= 4 is 11.8 Å². The summed E-state index contributed by atoms with van der Waals surface area (Å²) in [6.45, 7) is 7.44. The summed E-state index contributed by atoms with van der Waals surface area (Å²) in [6, 6.07) is 1.27. The van der Waals surface area contributed by atoms with Crippen LogP contribution >= 0.6 is 0 Å². The molecule has 0 unspecified atom stereocenters. The summed E-state index contributed by atoms with van der Waals surface area (Å²) in [7, 11) is 0. The first-order valence-corrected chi connectivity index (χ1v) is 8.44. The number of pyridine rings is 1. The van der Waals surface area contributed by atoms with E-state index in [2.05, 4.69) is 20.3 Å². The number of amides is 1. The first-order chi connectivity index (χ1) is 11.7. The zero-order valence-corrected chi connectivity index (χ0v) is 15.1. The van der Waals surface area contributed by atoms with Crippen LogP contribution in [0.25, 0.3) is 10.4 Å². The number of azide groups is 1. The maximum Gasteiger partial charge on any atom is 0.407 e. The van der Waals surface area contributed by atoms with Gasteiger partial charge in [0.05, 0.1) is 17.9 Å². The van der Waals surface area contributed by atoms with Crippen LogP contribution in [0.15, 0.2) is 23.6 Å². The second kappa shape index (κ2) is 7.61. The quantitative estimate of drug-likeness (QED) is 0.491. The fourth-order valence-electron chi connectivity index (χ4n) is 3.43. The summed E-state index contributed by atoms with van der Waals surface area (Å²) in [5, 5.41) is 6.79. The molecule has 0 aliphatic heterocycles. The lowest BCUT2D eigenvalue weighted by Crippen LogP contribution is -2.50. The lowest BCUT2D eigenvalue weighted by Gasteiger charge is -2.39. The van der Waals surface area contributed by atoms with Gasteiger partial charge >= 0.3 is 6.09 Å². The number of rotatable bonds is 3. The molecule has 0 bridgehead atoms. The Kier molecular flexibility index (Phi) is 5.74. The number of hydrogen-bond acceptors (Lipinski definition) is 5. The fourth-order valence-corrected chi connectivity index (χ4v) is 3.43. The standard InChI is InChI=1S/C17H26N6O2/c1-10-7-11(12-5-6-20-9-13(12)18)8-14(15(10)22-23-19)21-16(24)25-17(2,3)4/h5-6,9-11,14-15H,7-8,18H2,1-4H3,(H,21,24)/t10-,11+,14+,15+/m0/s1. The zero-order valence-electron chi connectivity index (χ0n) is 15.1. The first-order valence-electron chi connectivity index (χ1n) is 8.44. The predicted octanol–water partition coefficient (Wildman–Crippen LogP) is 3.75. The molecule has 0 aromatic carbocycles. The normalized spacial score (nSPS) is 26.4. The lowest BCUT2D eigenvalue weighted by molar-refractivity contribution is 0.0471. The molecule has 8 heteroatoms. The number of hydrogen-bond donors (Lipinski definition) is 2. The molecule has 8 nitrogen and oxygen atoms in total. The predicted molar refractivity (Wildman–Crippen MR) is 95.9 cm³/mol. The third-order valence-electron chi connectivity index (χ3n) is 4.40. The highest BCUT2D eigenvalue weighted by Crippen LogP contribution is 2.39. The van der Waals surface area contributed by atoms with Crippen molar-refractivity contribution in [3.8, 4) is 0 Å². The molecule has 0 spiro atoms. The Morgan fingerprint density at radius 2 is 2.20 bits per heavy atom. The number of anilines is 1. The van der Waals surface area contributed by atoms with Gasteiger partial charge in [-0.05, 0) is 62.6 Å². The van der Waals surface area contributed by atoms with Gasteiger partial charge < -0.3 is 15.8 Å². The summed E-state index contributed by atoms with van der Waals surface area (Å²) in [5.74, 6) is 0.255. The maximum atomic E-state index is 12.2. The molecule has 1 aromatic heterocycles. The molecular formula is C17H26N6O2. The number of nitrogen functional groups attached to an aromatic ring is 1. The highest BCUT2D eigenvalue weighted by molar-refractivity contribution is 5.68. The van der Waals surface area contributed by atoms with Gasteiger partial charge in [-0.25, -0.2) is 4.79 Å². The van der Waals surface area contributed by atoms with Crippen LogP contribution in [0.2, 0.25) is 0 Å². The molecule has 1 aromatic rings. The van der Waals surface area contributed by atoms with Gasteiger partial charge in [-0.15, -0.1) is 0 Å². The van der Waals surface area contributed by atoms with Gasteiger partial charge in [0.2, 0.25) is 0 Å². The number of carbonyl (C=O) groups excluding carboxylic acids is 1. The number of nitrogens with two attached hydrogens (primary N) is 1. The van der Waals surface area contributed by atoms with E-state index in [9.17, 15) is 4.79 Å². The molecule has 1 heterocycles. The Morgan fingerprint density at radius 1 is 1.48 bits per heavy atom. The van der Waals surface area contributed by atoms with Crippen LogP contribution in [0.3, 0.4) is 0 Å². The molecule has 3 N–H and O–H groups in total.